The van der Waals surface area contributed by atoms with E-state index < -0.39 is 23.0 Å². The van der Waals surface area contributed by atoms with Crippen LogP contribution in [0.25, 0.3) is 0 Å². The van der Waals surface area contributed by atoms with Crippen LogP contribution in [0, 0.1) is 6.92 Å². The van der Waals surface area contributed by atoms with Gasteiger partial charge in [0.1, 0.15) is 23.0 Å². The van der Waals surface area contributed by atoms with Crippen LogP contribution in [0.3, 0.4) is 0 Å². The fourth-order valence-corrected chi connectivity index (χ4v) is 6.86. The Bertz CT molecular complexity index is 1490. The number of hydrogen-bond acceptors (Lipinski definition) is 8. The van der Waals surface area contributed by atoms with E-state index in [1.807, 2.05) is 0 Å². The van der Waals surface area contributed by atoms with E-state index in [1.54, 1.807) is 45.0 Å². The number of para-hydroxylation sites is 1. The van der Waals surface area contributed by atoms with Crippen molar-refractivity contribution in [2.45, 2.75) is 50.9 Å². The molecule has 0 amide bonds. The van der Waals surface area contributed by atoms with Crippen molar-refractivity contribution in [3.8, 4) is 11.5 Å². The van der Waals surface area contributed by atoms with Crippen LogP contribution in [0.15, 0.2) is 59.8 Å². The van der Waals surface area contributed by atoms with Gasteiger partial charge in [0.25, 0.3) is 10.0 Å². The van der Waals surface area contributed by atoms with Crippen molar-refractivity contribution in [3.05, 3.63) is 70.5 Å². The Balaban J connectivity index is 1.98. The highest BCUT2D eigenvalue weighted by Crippen LogP contribution is 2.43. The molecule has 0 spiro atoms. The van der Waals surface area contributed by atoms with Gasteiger partial charge in [-0.2, -0.15) is 0 Å². The molecule has 13 heteroatoms. The number of nitrogens with zero attached hydrogens (tertiary/aromatic N) is 2. The Hall–Kier alpha value is -2.78. The lowest BCUT2D eigenvalue weighted by Gasteiger charge is -2.34. The third-order valence-electron chi connectivity index (χ3n) is 5.47. The smallest absolute Gasteiger partial charge is 0.342 e. The Morgan fingerprint density at radius 3 is 2.33 bits per heavy atom. The Morgan fingerprint density at radius 2 is 1.72 bits per heavy atom. The van der Waals surface area contributed by atoms with Gasteiger partial charge in [-0.3, -0.25) is 4.98 Å². The number of halogens is 2. The summed E-state index contributed by atoms with van der Waals surface area (Å²) in [5.41, 5.74) is 1.31. The van der Waals surface area contributed by atoms with Crippen molar-refractivity contribution in [2.75, 3.05) is 22.8 Å². The topological polar surface area (TPSA) is 115 Å². The molecule has 0 atom stereocenters. The third kappa shape index (κ3) is 7.25. The molecule has 210 valence electrons. The molecule has 9 nitrogen and oxygen atoms in total. The van der Waals surface area contributed by atoms with Crippen LogP contribution in [0.4, 0.5) is 11.4 Å². The van der Waals surface area contributed by atoms with Gasteiger partial charge in [0.2, 0.25) is 0 Å². The largest absolute Gasteiger partial charge is 0.492 e. The summed E-state index contributed by atoms with van der Waals surface area (Å²) in [6.07, 6.45) is 2.63. The van der Waals surface area contributed by atoms with E-state index in [1.165, 1.54) is 44.4 Å². The second-order valence-electron chi connectivity index (χ2n) is 9.39. The predicted molar refractivity (Wildman–Crippen MR) is 154 cm³/mol. The zero-order valence-corrected chi connectivity index (χ0v) is 25.4. The van der Waals surface area contributed by atoms with E-state index >= 15 is 0 Å². The first kappa shape index (κ1) is 30.8. The minimum absolute atomic E-state index is 0.123. The maximum Gasteiger partial charge on any atom is 0.342 e. The number of aromatic nitrogens is 1. The highest BCUT2D eigenvalue weighted by Gasteiger charge is 2.43. The average Bonchev–Trinajstić information content (AvgIpc) is 2.82. The van der Waals surface area contributed by atoms with Gasteiger partial charge < -0.3 is 14.8 Å². The van der Waals surface area contributed by atoms with E-state index in [2.05, 4.69) is 10.3 Å². The van der Waals surface area contributed by atoms with Gasteiger partial charge in [0.15, 0.2) is 5.28 Å². The lowest BCUT2D eigenvalue weighted by Crippen LogP contribution is -2.45. The highest BCUT2D eigenvalue weighted by molar-refractivity contribution is 7.93. The molecule has 0 aliphatic rings. The third-order valence-corrected chi connectivity index (χ3v) is 9.31. The molecular weight excluding hydrogens is 584 g/mol. The van der Waals surface area contributed by atoms with Crippen molar-refractivity contribution in [1.29, 1.82) is 0 Å². The molecule has 0 saturated carbocycles. The van der Waals surface area contributed by atoms with Crippen molar-refractivity contribution in [2.24, 2.45) is 0 Å². The maximum absolute atomic E-state index is 14.1. The Kier molecular flexibility index (Phi) is 9.93. The number of benzene rings is 2. The molecule has 3 aromatic rings. The number of anilines is 2. The summed E-state index contributed by atoms with van der Waals surface area (Å²) in [5, 5.41) is 1.98. The SMILES string of the molecule is Cc1cc(OCCNc2c(Cl)cncc2Cl)cc(N(C(C)(C)P(=O)=O)S(=O)(=O)c2ccccc2OC(C)C)c1. The molecule has 1 aromatic heterocycles. The number of pyridine rings is 1. The van der Waals surface area contributed by atoms with Gasteiger partial charge in [-0.15, -0.1) is 0 Å². The molecule has 1 N–H and O–H groups in total. The van der Waals surface area contributed by atoms with E-state index in [9.17, 15) is 17.5 Å². The van der Waals surface area contributed by atoms with Gasteiger partial charge in [0.05, 0.1) is 27.5 Å². The second-order valence-corrected chi connectivity index (χ2v) is 13.6. The first-order valence-electron chi connectivity index (χ1n) is 12.0. The highest BCUT2D eigenvalue weighted by atomic mass is 35.5. The second kappa shape index (κ2) is 12.6. The first-order chi connectivity index (χ1) is 18.2. The normalized spacial score (nSPS) is 11.8. The summed E-state index contributed by atoms with van der Waals surface area (Å²) in [7, 11) is -7.64. The number of nitrogens with one attached hydrogen (secondary N) is 1. The number of ether oxygens (including phenoxy) is 2. The molecule has 0 aliphatic heterocycles. The molecular formula is C26H30Cl2N3O6PS. The summed E-state index contributed by atoms with van der Waals surface area (Å²) in [6.45, 7) is 8.47. The zero-order valence-electron chi connectivity index (χ0n) is 22.1. The van der Waals surface area contributed by atoms with Crippen LogP contribution in [-0.2, 0) is 19.2 Å². The summed E-state index contributed by atoms with van der Waals surface area (Å²) in [4.78, 5) is 3.76. The lowest BCUT2D eigenvalue weighted by molar-refractivity contribution is 0.236. The van der Waals surface area contributed by atoms with Gasteiger partial charge >= 0.3 is 7.68 Å². The lowest BCUT2D eigenvalue weighted by atomic mass is 10.2. The minimum atomic E-state index is -4.42. The number of aryl methyl sites for hydroxylation is 1. The maximum atomic E-state index is 14.1. The van der Waals surface area contributed by atoms with Crippen molar-refractivity contribution in [1.82, 2.24) is 4.98 Å². The van der Waals surface area contributed by atoms with Crippen molar-refractivity contribution < 1.29 is 27.0 Å². The number of sulfonamides is 1. The van der Waals surface area contributed by atoms with Crippen LogP contribution >= 0.6 is 30.9 Å². The van der Waals surface area contributed by atoms with Crippen LogP contribution in [0.1, 0.15) is 33.3 Å². The number of hydrogen-bond donors (Lipinski definition) is 1. The summed E-state index contributed by atoms with van der Waals surface area (Å²) in [6, 6.07) is 10.9. The van der Waals surface area contributed by atoms with Crippen LogP contribution in [0.2, 0.25) is 10.0 Å². The molecule has 3 rings (SSSR count). The molecule has 0 unspecified atom stereocenters. The molecule has 0 saturated heterocycles. The summed E-state index contributed by atoms with van der Waals surface area (Å²) >= 11 is 12.3. The van der Waals surface area contributed by atoms with Gasteiger partial charge in [-0.05, 0) is 64.4 Å². The molecule has 39 heavy (non-hydrogen) atoms. The fraction of sp³-hybridized carbons (Fsp3) is 0.346. The average molecular weight is 614 g/mol. The van der Waals surface area contributed by atoms with E-state index in [-0.39, 0.29) is 29.0 Å². The summed E-state index contributed by atoms with van der Waals surface area (Å²) in [5.74, 6) is 0.473. The quantitative estimate of drug-likeness (QED) is 0.170. The summed E-state index contributed by atoms with van der Waals surface area (Å²) < 4.78 is 65.5. The van der Waals surface area contributed by atoms with Crippen molar-refractivity contribution >= 4 is 52.3 Å². The monoisotopic (exact) mass is 613 g/mol. The molecule has 1 heterocycles. The van der Waals surface area contributed by atoms with Gasteiger partial charge in [0, 0.05) is 25.0 Å². The van der Waals surface area contributed by atoms with Gasteiger partial charge in [-0.25, -0.2) is 21.9 Å². The Labute approximate surface area is 239 Å². The first-order valence-corrected chi connectivity index (χ1v) is 15.4. The predicted octanol–water partition coefficient (Wildman–Crippen LogP) is 7.08. The van der Waals surface area contributed by atoms with Gasteiger partial charge in [-0.1, -0.05) is 35.3 Å². The molecule has 0 bridgehead atoms. The van der Waals surface area contributed by atoms with Crippen LogP contribution in [0.5, 0.6) is 11.5 Å². The fourth-order valence-electron chi connectivity index (χ4n) is 3.79. The van der Waals surface area contributed by atoms with Crippen LogP contribution < -0.4 is 19.1 Å². The number of rotatable bonds is 12. The van der Waals surface area contributed by atoms with E-state index in [4.69, 9.17) is 32.7 Å². The zero-order chi connectivity index (χ0) is 29.0. The standard InChI is InChI=1S/C26H30Cl2N3O6PS/c1-17(2)37-23-8-6-7-9-24(23)39(34,35)31(26(4,5)38(32)33)19-12-18(3)13-20(14-19)36-11-10-30-25-21(27)15-29-16-22(25)28/h6-9,12-17H,10-11H2,1-5H3,(H,29,30). The molecule has 0 fully saturated rings. The van der Waals surface area contributed by atoms with E-state index in [0.29, 0.717) is 33.6 Å². The van der Waals surface area contributed by atoms with Crippen LogP contribution in [-0.4, -0.2) is 37.9 Å². The molecule has 0 aliphatic carbocycles. The van der Waals surface area contributed by atoms with Crippen molar-refractivity contribution in [3.63, 3.8) is 0 Å². The van der Waals surface area contributed by atoms with E-state index in [0.717, 1.165) is 4.31 Å². The Morgan fingerprint density at radius 1 is 1.08 bits per heavy atom. The minimum Gasteiger partial charge on any atom is -0.492 e. The molecule has 2 aromatic carbocycles. The molecule has 0 radical (unpaired) electrons.